The first-order valence-corrected chi connectivity index (χ1v) is 8.21. The average molecular weight is 385 g/mol. The lowest BCUT2D eigenvalue weighted by atomic mass is 10.2. The second-order valence-electron chi connectivity index (χ2n) is 5.70. The van der Waals surface area contributed by atoms with Crippen LogP contribution >= 0.6 is 0 Å². The Morgan fingerprint density at radius 2 is 1.79 bits per heavy atom. The van der Waals surface area contributed by atoms with Gasteiger partial charge in [-0.3, -0.25) is 4.79 Å². The molecule has 2 N–H and O–H groups in total. The zero-order valence-corrected chi connectivity index (χ0v) is 15.1. The predicted molar refractivity (Wildman–Crippen MR) is 101 cm³/mol. The topological polar surface area (TPSA) is 72.5 Å². The molecular weight excluding hydrogens is 368 g/mol. The zero-order chi connectivity index (χ0) is 20.1. The Hall–Kier alpha value is -3.68. The van der Waals surface area contributed by atoms with E-state index in [9.17, 15) is 13.6 Å². The van der Waals surface area contributed by atoms with E-state index < -0.39 is 17.5 Å². The van der Waals surface area contributed by atoms with Gasteiger partial charge in [0.2, 0.25) is 0 Å². The maximum atomic E-state index is 13.3. The van der Waals surface area contributed by atoms with Gasteiger partial charge in [-0.05, 0) is 36.4 Å². The Morgan fingerprint density at radius 3 is 2.50 bits per heavy atom. The molecule has 0 fully saturated rings. The number of nitrogens with one attached hydrogen (secondary N) is 2. The van der Waals surface area contributed by atoms with E-state index >= 15 is 0 Å². The Labute approximate surface area is 160 Å². The molecule has 144 valence electrons. The van der Waals surface area contributed by atoms with Gasteiger partial charge >= 0.3 is 0 Å². The summed E-state index contributed by atoms with van der Waals surface area (Å²) in [5.41, 5.74) is 1.06. The molecule has 0 aliphatic carbocycles. The highest BCUT2D eigenvalue weighted by atomic mass is 19.2. The number of carbonyl (C=O) groups excluding carboxylic acids is 1. The molecule has 1 heterocycles. The normalized spacial score (nSPS) is 10.3. The van der Waals surface area contributed by atoms with Crippen molar-refractivity contribution in [1.82, 2.24) is 4.98 Å². The third-order valence-corrected chi connectivity index (χ3v) is 3.87. The van der Waals surface area contributed by atoms with Gasteiger partial charge in [-0.1, -0.05) is 0 Å². The molecule has 6 nitrogen and oxygen atoms in total. The molecule has 1 aromatic heterocycles. The van der Waals surface area contributed by atoms with Crippen LogP contribution in [0.1, 0.15) is 10.4 Å². The molecule has 3 rings (SSSR count). The Balaban J connectivity index is 1.80. The number of amides is 1. The van der Waals surface area contributed by atoms with E-state index in [0.717, 1.165) is 12.1 Å². The van der Waals surface area contributed by atoms with Crippen molar-refractivity contribution in [2.45, 2.75) is 0 Å². The first-order chi connectivity index (χ1) is 13.5. The van der Waals surface area contributed by atoms with E-state index in [1.54, 1.807) is 18.2 Å². The smallest absolute Gasteiger partial charge is 0.255 e. The third kappa shape index (κ3) is 4.35. The molecular formula is C20H17F2N3O3. The molecule has 0 aliphatic rings. The first-order valence-electron chi connectivity index (χ1n) is 8.21. The fourth-order valence-corrected chi connectivity index (χ4v) is 2.47. The van der Waals surface area contributed by atoms with E-state index in [1.807, 2.05) is 0 Å². The van der Waals surface area contributed by atoms with Gasteiger partial charge in [-0.15, -0.1) is 0 Å². The second kappa shape index (κ2) is 8.34. The maximum absolute atomic E-state index is 13.3. The van der Waals surface area contributed by atoms with Gasteiger partial charge in [-0.25, -0.2) is 13.8 Å². The van der Waals surface area contributed by atoms with Crippen molar-refractivity contribution >= 4 is 23.1 Å². The molecule has 0 saturated carbocycles. The summed E-state index contributed by atoms with van der Waals surface area (Å²) in [4.78, 5) is 16.7. The Kier molecular flexibility index (Phi) is 5.69. The number of benzene rings is 2. The summed E-state index contributed by atoms with van der Waals surface area (Å²) in [7, 11) is 3.01. The molecule has 0 unspecified atom stereocenters. The molecule has 0 radical (unpaired) electrons. The summed E-state index contributed by atoms with van der Waals surface area (Å²) >= 11 is 0. The summed E-state index contributed by atoms with van der Waals surface area (Å²) < 4.78 is 36.8. The van der Waals surface area contributed by atoms with Crippen molar-refractivity contribution in [3.05, 3.63) is 71.9 Å². The molecule has 28 heavy (non-hydrogen) atoms. The van der Waals surface area contributed by atoms with Crippen LogP contribution in [-0.2, 0) is 0 Å². The quantitative estimate of drug-likeness (QED) is 0.659. The summed E-state index contributed by atoms with van der Waals surface area (Å²) in [5.74, 6) is -0.990. The number of ether oxygens (including phenoxy) is 2. The number of hydrogen-bond acceptors (Lipinski definition) is 5. The molecule has 1 amide bonds. The number of anilines is 3. The van der Waals surface area contributed by atoms with Crippen molar-refractivity contribution in [2.75, 3.05) is 24.9 Å². The Morgan fingerprint density at radius 1 is 0.964 bits per heavy atom. The van der Waals surface area contributed by atoms with Crippen molar-refractivity contribution in [1.29, 1.82) is 0 Å². The van der Waals surface area contributed by atoms with Crippen LogP contribution in [0.15, 0.2) is 54.7 Å². The number of carbonyl (C=O) groups is 1. The van der Waals surface area contributed by atoms with Crippen molar-refractivity contribution < 1.29 is 23.0 Å². The number of aromatic nitrogens is 1. The van der Waals surface area contributed by atoms with Gasteiger partial charge in [-0.2, -0.15) is 0 Å². The third-order valence-electron chi connectivity index (χ3n) is 3.87. The first kappa shape index (κ1) is 19.1. The summed E-state index contributed by atoms with van der Waals surface area (Å²) in [5, 5.41) is 5.58. The predicted octanol–water partition coefficient (Wildman–Crippen LogP) is 4.37. The van der Waals surface area contributed by atoms with Crippen LogP contribution in [0.25, 0.3) is 0 Å². The van der Waals surface area contributed by atoms with Gasteiger partial charge in [0.15, 0.2) is 11.6 Å². The molecule has 0 atom stereocenters. The van der Waals surface area contributed by atoms with Crippen molar-refractivity contribution in [3.63, 3.8) is 0 Å². The summed E-state index contributed by atoms with van der Waals surface area (Å²) in [6, 6.07) is 11.4. The van der Waals surface area contributed by atoms with Crippen LogP contribution in [0.4, 0.5) is 26.0 Å². The summed E-state index contributed by atoms with van der Waals surface area (Å²) in [6.45, 7) is 0. The highest BCUT2D eigenvalue weighted by Gasteiger charge is 2.12. The Bertz CT molecular complexity index is 1010. The number of pyridine rings is 1. The van der Waals surface area contributed by atoms with Gasteiger partial charge in [0.1, 0.15) is 17.3 Å². The van der Waals surface area contributed by atoms with Crippen LogP contribution < -0.4 is 20.1 Å². The molecule has 0 spiro atoms. The number of rotatable bonds is 6. The highest BCUT2D eigenvalue weighted by molar-refractivity contribution is 6.05. The minimum Gasteiger partial charge on any atom is -0.497 e. The van der Waals surface area contributed by atoms with Gasteiger partial charge in [0, 0.05) is 29.6 Å². The van der Waals surface area contributed by atoms with Crippen molar-refractivity contribution in [3.8, 4) is 11.5 Å². The van der Waals surface area contributed by atoms with Crippen LogP contribution in [0.3, 0.4) is 0 Å². The molecule has 2 aromatic carbocycles. The number of nitrogens with zero attached hydrogens (tertiary/aromatic N) is 1. The number of halogens is 2. The minimum absolute atomic E-state index is 0.302. The van der Waals surface area contributed by atoms with E-state index in [2.05, 4.69) is 15.6 Å². The van der Waals surface area contributed by atoms with Gasteiger partial charge in [0.05, 0.1) is 19.9 Å². The largest absolute Gasteiger partial charge is 0.497 e. The maximum Gasteiger partial charge on any atom is 0.255 e. The van der Waals surface area contributed by atoms with Crippen LogP contribution in [0, 0.1) is 11.6 Å². The van der Waals surface area contributed by atoms with Crippen LogP contribution in [-0.4, -0.2) is 25.1 Å². The van der Waals surface area contributed by atoms with E-state index in [1.165, 1.54) is 38.6 Å². The minimum atomic E-state index is -0.982. The average Bonchev–Trinajstić information content (AvgIpc) is 2.71. The summed E-state index contributed by atoms with van der Waals surface area (Å²) in [6.07, 6.45) is 1.43. The van der Waals surface area contributed by atoms with Crippen LogP contribution in [0.2, 0.25) is 0 Å². The standard InChI is InChI=1S/C20H17F2N3O3/c1-27-14-4-6-18(28-2)17(11-14)25-20(26)12-7-8-23-19(9-12)24-13-3-5-15(21)16(22)10-13/h3-11H,1-2H3,(H,23,24)(H,25,26). The highest BCUT2D eigenvalue weighted by Crippen LogP contribution is 2.29. The molecule has 0 bridgehead atoms. The van der Waals surface area contributed by atoms with E-state index in [-0.39, 0.29) is 0 Å². The van der Waals surface area contributed by atoms with Gasteiger partial charge in [0.25, 0.3) is 5.91 Å². The number of methoxy groups -OCH3 is 2. The fraction of sp³-hybridized carbons (Fsp3) is 0.100. The van der Waals surface area contributed by atoms with E-state index in [0.29, 0.717) is 34.3 Å². The molecule has 3 aromatic rings. The SMILES string of the molecule is COc1ccc(OC)c(NC(=O)c2ccnc(Nc3ccc(F)c(F)c3)c2)c1. The van der Waals surface area contributed by atoms with Crippen LogP contribution in [0.5, 0.6) is 11.5 Å². The van der Waals surface area contributed by atoms with Crippen molar-refractivity contribution in [2.24, 2.45) is 0 Å². The molecule has 0 aliphatic heterocycles. The van der Waals surface area contributed by atoms with Gasteiger partial charge < -0.3 is 20.1 Å². The molecule has 0 saturated heterocycles. The lowest BCUT2D eigenvalue weighted by Gasteiger charge is -2.12. The lowest BCUT2D eigenvalue weighted by Crippen LogP contribution is -2.13. The monoisotopic (exact) mass is 385 g/mol. The number of hydrogen-bond donors (Lipinski definition) is 2. The fourth-order valence-electron chi connectivity index (χ4n) is 2.47. The molecule has 8 heteroatoms. The lowest BCUT2D eigenvalue weighted by molar-refractivity contribution is 0.102. The van der Waals surface area contributed by atoms with E-state index in [4.69, 9.17) is 9.47 Å². The second-order valence-corrected chi connectivity index (χ2v) is 5.70. The zero-order valence-electron chi connectivity index (χ0n) is 15.1.